The van der Waals surface area contributed by atoms with Gasteiger partial charge in [0.25, 0.3) is 0 Å². The van der Waals surface area contributed by atoms with Crippen LogP contribution in [0.5, 0.6) is 11.5 Å². The molecule has 7 nitrogen and oxygen atoms in total. The van der Waals surface area contributed by atoms with Crippen molar-refractivity contribution >= 4 is 30.0 Å². The highest BCUT2D eigenvalue weighted by molar-refractivity contribution is 5.92. The van der Waals surface area contributed by atoms with Gasteiger partial charge in [0.2, 0.25) is 5.91 Å². The van der Waals surface area contributed by atoms with Crippen LogP contribution >= 0.6 is 12.4 Å². The highest BCUT2D eigenvalue weighted by Crippen LogP contribution is 2.32. The lowest BCUT2D eigenvalue weighted by Gasteiger charge is -2.29. The first kappa shape index (κ1) is 18.4. The summed E-state index contributed by atoms with van der Waals surface area (Å²) in [6.07, 6.45) is 1.48. The Morgan fingerprint density at radius 3 is 2.75 bits per heavy atom. The fourth-order valence-electron chi connectivity index (χ4n) is 2.93. The molecule has 1 aromatic rings. The molecule has 2 aliphatic heterocycles. The highest BCUT2D eigenvalue weighted by Gasteiger charge is 2.26. The standard InChI is InChI=1S/C16H20N2O5.ClH/c19-15(10-18-5-1-2-11(9-18)16(20)21)17-12-3-4-13-14(8-12)23-7-6-22-13;/h3-4,8,11H,1-2,5-7,9-10H2,(H,17,19)(H,20,21);1H. The number of hydrogen-bond acceptors (Lipinski definition) is 5. The number of ether oxygens (including phenoxy) is 2. The summed E-state index contributed by atoms with van der Waals surface area (Å²) in [6.45, 7) is 2.38. The number of carbonyl (C=O) groups is 2. The maximum absolute atomic E-state index is 12.2. The van der Waals surface area contributed by atoms with E-state index in [1.54, 1.807) is 18.2 Å². The summed E-state index contributed by atoms with van der Waals surface area (Å²) in [5.41, 5.74) is 0.644. The van der Waals surface area contributed by atoms with Gasteiger partial charge < -0.3 is 19.9 Å². The molecule has 8 heteroatoms. The molecule has 1 unspecified atom stereocenters. The molecule has 0 bridgehead atoms. The second-order valence-corrected chi connectivity index (χ2v) is 5.82. The molecule has 0 aromatic heterocycles. The first-order valence-electron chi connectivity index (χ1n) is 7.76. The zero-order valence-electron chi connectivity index (χ0n) is 13.2. The van der Waals surface area contributed by atoms with Crippen molar-refractivity contribution in [2.45, 2.75) is 12.8 Å². The van der Waals surface area contributed by atoms with Crippen LogP contribution in [0.15, 0.2) is 18.2 Å². The quantitative estimate of drug-likeness (QED) is 0.852. The van der Waals surface area contributed by atoms with Gasteiger partial charge in [0.15, 0.2) is 11.5 Å². The molecule has 1 amide bonds. The Hall–Kier alpha value is -1.99. The van der Waals surface area contributed by atoms with Gasteiger partial charge in [-0.05, 0) is 31.5 Å². The summed E-state index contributed by atoms with van der Waals surface area (Å²) in [6, 6.07) is 5.27. The highest BCUT2D eigenvalue weighted by atomic mass is 35.5. The first-order valence-corrected chi connectivity index (χ1v) is 7.76. The van der Waals surface area contributed by atoms with E-state index in [9.17, 15) is 9.59 Å². The smallest absolute Gasteiger partial charge is 0.307 e. The Kier molecular flexibility index (Phi) is 6.28. The number of carboxylic acid groups (broad SMARTS) is 1. The molecule has 132 valence electrons. The minimum atomic E-state index is -0.790. The number of hydrogen-bond donors (Lipinski definition) is 2. The van der Waals surface area contributed by atoms with Gasteiger partial charge in [-0.2, -0.15) is 0 Å². The molecule has 2 heterocycles. The number of nitrogens with one attached hydrogen (secondary N) is 1. The van der Waals surface area contributed by atoms with Crippen LogP contribution in [0, 0.1) is 5.92 Å². The largest absolute Gasteiger partial charge is 0.486 e. The van der Waals surface area contributed by atoms with E-state index in [1.807, 2.05) is 4.90 Å². The molecule has 0 spiro atoms. The van der Waals surface area contributed by atoms with E-state index >= 15 is 0 Å². The molecule has 1 atom stereocenters. The van der Waals surface area contributed by atoms with E-state index in [0.717, 1.165) is 13.0 Å². The minimum Gasteiger partial charge on any atom is -0.486 e. The van der Waals surface area contributed by atoms with Crippen LogP contribution in [0.25, 0.3) is 0 Å². The van der Waals surface area contributed by atoms with Crippen molar-refractivity contribution in [2.24, 2.45) is 5.92 Å². The number of likely N-dealkylation sites (tertiary alicyclic amines) is 1. The molecule has 1 fully saturated rings. The van der Waals surface area contributed by atoms with Crippen molar-refractivity contribution in [3.05, 3.63) is 18.2 Å². The lowest BCUT2D eigenvalue weighted by Crippen LogP contribution is -2.42. The molecular weight excluding hydrogens is 336 g/mol. The Bertz CT molecular complexity index is 610. The van der Waals surface area contributed by atoms with Gasteiger partial charge >= 0.3 is 5.97 Å². The topological polar surface area (TPSA) is 88.1 Å². The normalized spacial score (nSPS) is 19.9. The first-order chi connectivity index (χ1) is 11.1. The predicted molar refractivity (Wildman–Crippen MR) is 90.1 cm³/mol. The second-order valence-electron chi connectivity index (χ2n) is 5.82. The SMILES string of the molecule is Cl.O=C(CN1CCCC(C(=O)O)C1)Nc1ccc2c(c1)OCCO2. The number of aliphatic carboxylic acids is 1. The average molecular weight is 357 g/mol. The maximum Gasteiger partial charge on any atom is 0.307 e. The number of rotatable bonds is 4. The molecule has 0 aliphatic carbocycles. The summed E-state index contributed by atoms with van der Waals surface area (Å²) < 4.78 is 10.9. The van der Waals surface area contributed by atoms with Crippen molar-refractivity contribution in [3.63, 3.8) is 0 Å². The van der Waals surface area contributed by atoms with Crippen molar-refractivity contribution in [2.75, 3.05) is 38.2 Å². The summed E-state index contributed by atoms with van der Waals surface area (Å²) >= 11 is 0. The summed E-state index contributed by atoms with van der Waals surface area (Å²) in [4.78, 5) is 25.1. The Balaban J connectivity index is 0.00000208. The van der Waals surface area contributed by atoms with Crippen LogP contribution in [0.3, 0.4) is 0 Å². The monoisotopic (exact) mass is 356 g/mol. The van der Waals surface area contributed by atoms with Crippen LogP contribution in [0.4, 0.5) is 5.69 Å². The molecule has 0 saturated carbocycles. The van der Waals surface area contributed by atoms with E-state index in [0.29, 0.717) is 43.4 Å². The van der Waals surface area contributed by atoms with E-state index in [-0.39, 0.29) is 30.8 Å². The molecule has 1 saturated heterocycles. The predicted octanol–water partition coefficient (Wildman–Crippen LogP) is 1.61. The van der Waals surface area contributed by atoms with Gasteiger partial charge in [-0.25, -0.2) is 0 Å². The van der Waals surface area contributed by atoms with Gasteiger partial charge in [0, 0.05) is 18.3 Å². The third-order valence-corrected chi connectivity index (χ3v) is 4.05. The van der Waals surface area contributed by atoms with Crippen molar-refractivity contribution < 1.29 is 24.2 Å². The number of nitrogens with zero attached hydrogens (tertiary/aromatic N) is 1. The van der Waals surface area contributed by atoms with E-state index in [1.165, 1.54) is 0 Å². The number of benzene rings is 1. The summed E-state index contributed by atoms with van der Waals surface area (Å²) in [7, 11) is 0. The molecule has 24 heavy (non-hydrogen) atoms. The van der Waals surface area contributed by atoms with Crippen LogP contribution in [0.1, 0.15) is 12.8 Å². The Morgan fingerprint density at radius 1 is 1.25 bits per heavy atom. The van der Waals surface area contributed by atoms with Crippen molar-refractivity contribution in [1.29, 1.82) is 0 Å². The van der Waals surface area contributed by atoms with Gasteiger partial charge in [0.1, 0.15) is 13.2 Å². The lowest BCUT2D eigenvalue weighted by atomic mass is 9.98. The number of piperidine rings is 1. The van der Waals surface area contributed by atoms with Crippen LogP contribution in [0.2, 0.25) is 0 Å². The zero-order valence-corrected chi connectivity index (χ0v) is 14.0. The van der Waals surface area contributed by atoms with Crippen LogP contribution in [-0.4, -0.2) is 54.7 Å². The summed E-state index contributed by atoms with van der Waals surface area (Å²) in [5, 5.41) is 11.9. The molecule has 1 aromatic carbocycles. The van der Waals surface area contributed by atoms with Gasteiger partial charge in [0.05, 0.1) is 12.5 Å². The number of anilines is 1. The van der Waals surface area contributed by atoms with Gasteiger partial charge in [-0.1, -0.05) is 0 Å². The third-order valence-electron chi connectivity index (χ3n) is 4.05. The van der Waals surface area contributed by atoms with Crippen molar-refractivity contribution in [3.8, 4) is 11.5 Å². The molecule has 2 N–H and O–H groups in total. The minimum absolute atomic E-state index is 0. The molecule has 2 aliphatic rings. The molecule has 3 rings (SSSR count). The number of carboxylic acids is 1. The molecule has 0 radical (unpaired) electrons. The van der Waals surface area contributed by atoms with E-state index in [4.69, 9.17) is 14.6 Å². The van der Waals surface area contributed by atoms with Gasteiger partial charge in [-0.3, -0.25) is 14.5 Å². The fourth-order valence-corrected chi connectivity index (χ4v) is 2.93. The molecular formula is C16H21ClN2O5. The van der Waals surface area contributed by atoms with Crippen LogP contribution in [-0.2, 0) is 9.59 Å². The number of amides is 1. The third kappa shape index (κ3) is 4.52. The van der Waals surface area contributed by atoms with E-state index < -0.39 is 5.97 Å². The Labute approximate surface area is 146 Å². The summed E-state index contributed by atoms with van der Waals surface area (Å²) in [5.74, 6) is -0.0342. The van der Waals surface area contributed by atoms with Crippen molar-refractivity contribution in [1.82, 2.24) is 4.90 Å². The maximum atomic E-state index is 12.2. The lowest BCUT2D eigenvalue weighted by molar-refractivity contribution is -0.144. The van der Waals surface area contributed by atoms with Gasteiger partial charge in [-0.15, -0.1) is 12.4 Å². The van der Waals surface area contributed by atoms with E-state index in [2.05, 4.69) is 5.32 Å². The Morgan fingerprint density at radius 2 is 2.00 bits per heavy atom. The number of fused-ring (bicyclic) bond motifs is 1. The number of carbonyl (C=O) groups excluding carboxylic acids is 1. The zero-order chi connectivity index (χ0) is 16.2. The number of halogens is 1. The second kappa shape index (κ2) is 8.21. The fraction of sp³-hybridized carbons (Fsp3) is 0.500. The average Bonchev–Trinajstić information content (AvgIpc) is 2.55. The van der Waals surface area contributed by atoms with Crippen LogP contribution < -0.4 is 14.8 Å².